The number of aryl methyl sites for hydroxylation is 2. The molecule has 2 aliphatic rings. The van der Waals surface area contributed by atoms with Gasteiger partial charge in [0.25, 0.3) is 0 Å². The van der Waals surface area contributed by atoms with E-state index in [4.69, 9.17) is 0 Å². The van der Waals surface area contributed by atoms with E-state index in [0.717, 1.165) is 12.8 Å². The normalized spacial score (nSPS) is 18.0. The Kier molecular flexibility index (Phi) is 7.18. The molecule has 0 amide bonds. The van der Waals surface area contributed by atoms with Crippen molar-refractivity contribution in [3.05, 3.63) is 99.1 Å². The van der Waals surface area contributed by atoms with Gasteiger partial charge in [-0.1, -0.05) is 0 Å². The molecule has 2 unspecified atom stereocenters. The van der Waals surface area contributed by atoms with Gasteiger partial charge in [0.2, 0.25) is 0 Å². The second-order valence-electron chi connectivity index (χ2n) is 8.11. The number of hydrogen-bond acceptors (Lipinski definition) is 0. The molecule has 3 heteroatoms. The van der Waals surface area contributed by atoms with Crippen molar-refractivity contribution in [3.63, 3.8) is 0 Å². The zero-order valence-corrected chi connectivity index (χ0v) is 21.6. The van der Waals surface area contributed by atoms with Crippen molar-refractivity contribution in [1.29, 1.82) is 0 Å². The molecule has 0 nitrogen and oxygen atoms in total. The summed E-state index contributed by atoms with van der Waals surface area (Å²) in [5, 5.41) is 0. The summed E-state index contributed by atoms with van der Waals surface area (Å²) in [5.41, 5.74) is 15.0. The van der Waals surface area contributed by atoms with Crippen LogP contribution in [0.1, 0.15) is 69.3 Å². The van der Waals surface area contributed by atoms with Crippen molar-refractivity contribution < 1.29 is 49.5 Å². The van der Waals surface area contributed by atoms with Crippen LogP contribution in [-0.4, -0.2) is 0 Å². The van der Waals surface area contributed by atoms with Gasteiger partial charge in [-0.2, -0.15) is 0 Å². The fourth-order valence-electron chi connectivity index (χ4n) is 5.21. The number of hydrogen-bond donors (Lipinski definition) is 0. The van der Waals surface area contributed by atoms with E-state index in [2.05, 4.69) is 81.4 Å². The molecule has 3 aromatic rings. The average Bonchev–Trinajstić information content (AvgIpc) is 3.21. The number of allylic oxidation sites excluding steroid dienone is 1. The van der Waals surface area contributed by atoms with Crippen LogP contribution in [-0.2, 0) is 37.6 Å². The SMILES string of the molecule is CCc1ccc2c(c1)[CH]([Zr+2])c1c-2ccc(CC)c1C1C(C)=Cc2ccccc21.[Cl-].[Cl-]. The fraction of sp³-hybridized carbons (Fsp3) is 0.259. The van der Waals surface area contributed by atoms with E-state index >= 15 is 0 Å². The molecule has 0 heterocycles. The largest absolute Gasteiger partial charge is 1.00 e. The van der Waals surface area contributed by atoms with Gasteiger partial charge < -0.3 is 24.8 Å². The van der Waals surface area contributed by atoms with E-state index in [1.54, 1.807) is 41.4 Å². The van der Waals surface area contributed by atoms with Crippen LogP contribution in [0, 0.1) is 0 Å². The second kappa shape index (κ2) is 9.16. The van der Waals surface area contributed by atoms with Crippen LogP contribution in [0.3, 0.4) is 0 Å². The standard InChI is InChI=1S/C27H25.2ClH.Zr/c1-4-18-10-12-22-21(15-18)16-25-24(22)13-11-19(5-2)27(25)26-17(3)14-20-8-6-7-9-23(20)26;;;/h6-16,26H,4-5H2,1-3H3;2*1H;/q;;;+2/p-2. The second-order valence-corrected chi connectivity index (χ2v) is 9.53. The minimum absolute atomic E-state index is 0. The molecular formula is C27H25Cl2Zr. The molecule has 2 aliphatic carbocycles. The van der Waals surface area contributed by atoms with E-state index < -0.39 is 0 Å². The minimum atomic E-state index is 0. The maximum Gasteiger partial charge on any atom is -1.00 e. The smallest absolute Gasteiger partial charge is 1.00 e. The Morgan fingerprint density at radius 2 is 1.53 bits per heavy atom. The van der Waals surface area contributed by atoms with Crippen LogP contribution < -0.4 is 24.8 Å². The quantitative estimate of drug-likeness (QED) is 0.492. The van der Waals surface area contributed by atoms with Gasteiger partial charge in [-0.05, 0) is 0 Å². The van der Waals surface area contributed by atoms with E-state index in [0.29, 0.717) is 9.54 Å². The molecule has 3 aromatic carbocycles. The number of rotatable bonds is 3. The van der Waals surface area contributed by atoms with E-state index in [1.165, 1.54) is 39.0 Å². The van der Waals surface area contributed by atoms with E-state index in [1.807, 2.05) is 0 Å². The topological polar surface area (TPSA) is 0 Å². The zero-order chi connectivity index (χ0) is 19.4. The van der Waals surface area contributed by atoms with Gasteiger partial charge in [-0.15, -0.1) is 0 Å². The summed E-state index contributed by atoms with van der Waals surface area (Å²) in [7, 11) is 0. The molecule has 0 aliphatic heterocycles. The van der Waals surface area contributed by atoms with Gasteiger partial charge in [-0.25, -0.2) is 0 Å². The van der Waals surface area contributed by atoms with Crippen molar-refractivity contribution in [2.24, 2.45) is 0 Å². The van der Waals surface area contributed by atoms with Crippen molar-refractivity contribution in [2.75, 3.05) is 0 Å². The molecule has 0 aromatic heterocycles. The summed E-state index contributed by atoms with van der Waals surface area (Å²) < 4.78 is 0.547. The van der Waals surface area contributed by atoms with Crippen LogP contribution in [0.25, 0.3) is 17.2 Å². The molecule has 0 fully saturated rings. The predicted molar refractivity (Wildman–Crippen MR) is 114 cm³/mol. The Labute approximate surface area is 207 Å². The van der Waals surface area contributed by atoms with E-state index in [-0.39, 0.29) is 24.8 Å². The first-order chi connectivity index (χ1) is 13.6. The summed E-state index contributed by atoms with van der Waals surface area (Å²) in [6.07, 6.45) is 4.60. The fourth-order valence-corrected chi connectivity index (χ4v) is 6.56. The Morgan fingerprint density at radius 1 is 0.800 bits per heavy atom. The summed E-state index contributed by atoms with van der Waals surface area (Å²) in [5.74, 6) is 0.407. The zero-order valence-electron chi connectivity index (χ0n) is 17.6. The molecule has 5 rings (SSSR count). The first kappa shape index (κ1) is 23.5. The van der Waals surface area contributed by atoms with Gasteiger partial charge in [0.15, 0.2) is 0 Å². The van der Waals surface area contributed by atoms with Gasteiger partial charge in [0, 0.05) is 0 Å². The average molecular weight is 512 g/mol. The molecule has 30 heavy (non-hydrogen) atoms. The Hall–Kier alpha value is -1.14. The summed E-state index contributed by atoms with van der Waals surface area (Å²) in [6.45, 7) is 6.88. The summed E-state index contributed by atoms with van der Waals surface area (Å²) >= 11 is 1.60. The van der Waals surface area contributed by atoms with Crippen molar-refractivity contribution in [2.45, 2.75) is 43.2 Å². The molecule has 0 radical (unpaired) electrons. The van der Waals surface area contributed by atoms with Crippen LogP contribution in [0.15, 0.2) is 60.2 Å². The molecule has 0 spiro atoms. The van der Waals surface area contributed by atoms with Crippen molar-refractivity contribution in [3.8, 4) is 11.1 Å². The predicted octanol–water partition coefficient (Wildman–Crippen LogP) is 0.985. The first-order valence-corrected chi connectivity index (χ1v) is 11.8. The first-order valence-electron chi connectivity index (χ1n) is 10.4. The third kappa shape index (κ3) is 3.48. The Bertz CT molecular complexity index is 1130. The Balaban J connectivity index is 0.00000128. The van der Waals surface area contributed by atoms with Crippen LogP contribution in [0.4, 0.5) is 0 Å². The third-order valence-electron chi connectivity index (χ3n) is 6.61. The van der Waals surface area contributed by atoms with Gasteiger partial charge >= 0.3 is 184 Å². The molecule has 0 saturated heterocycles. The molecule has 2 atom stereocenters. The Morgan fingerprint density at radius 3 is 2.27 bits per heavy atom. The maximum absolute atomic E-state index is 2.47. The van der Waals surface area contributed by atoms with Crippen molar-refractivity contribution >= 4 is 6.08 Å². The maximum atomic E-state index is 2.47. The van der Waals surface area contributed by atoms with Crippen LogP contribution >= 0.6 is 0 Å². The summed E-state index contributed by atoms with van der Waals surface area (Å²) in [4.78, 5) is 0. The minimum Gasteiger partial charge on any atom is -1.00 e. The third-order valence-corrected chi connectivity index (χ3v) is 8.08. The van der Waals surface area contributed by atoms with E-state index in [9.17, 15) is 0 Å². The van der Waals surface area contributed by atoms with Crippen LogP contribution in [0.5, 0.6) is 0 Å². The van der Waals surface area contributed by atoms with Gasteiger partial charge in [0.05, 0.1) is 0 Å². The number of fused-ring (bicyclic) bond motifs is 4. The molecule has 0 saturated carbocycles. The van der Waals surface area contributed by atoms with Gasteiger partial charge in [0.1, 0.15) is 0 Å². The molecule has 151 valence electrons. The van der Waals surface area contributed by atoms with Crippen LogP contribution in [0.2, 0.25) is 0 Å². The monoisotopic (exact) mass is 509 g/mol. The van der Waals surface area contributed by atoms with Gasteiger partial charge in [-0.3, -0.25) is 0 Å². The number of benzene rings is 3. The molecule has 0 bridgehead atoms. The van der Waals surface area contributed by atoms with Crippen molar-refractivity contribution in [1.82, 2.24) is 0 Å². The molecule has 0 N–H and O–H groups in total. The molecular weight excluding hydrogens is 486 g/mol. The summed E-state index contributed by atoms with van der Waals surface area (Å²) in [6, 6.07) is 20.9. The number of halogens is 2.